The minimum Gasteiger partial charge on any atom is -0.455 e. The summed E-state index contributed by atoms with van der Waals surface area (Å²) in [6.07, 6.45) is 0. The minimum atomic E-state index is 0.0106. The molecule has 100 valence electrons. The van der Waals surface area contributed by atoms with Crippen LogP contribution in [0.1, 0.15) is 24.1 Å². The van der Waals surface area contributed by atoms with Crippen LogP contribution < -0.4 is 10.5 Å². The van der Waals surface area contributed by atoms with Gasteiger partial charge < -0.3 is 10.5 Å². The van der Waals surface area contributed by atoms with Gasteiger partial charge in [-0.3, -0.25) is 0 Å². The number of hydrogen-bond donors (Lipinski definition) is 1. The van der Waals surface area contributed by atoms with Gasteiger partial charge in [0.1, 0.15) is 11.5 Å². The Morgan fingerprint density at radius 2 is 1.58 bits per heavy atom. The normalized spacial score (nSPS) is 12.3. The molecule has 2 aromatic rings. The monoisotopic (exact) mass is 383 g/mol. The molecule has 0 saturated carbocycles. The van der Waals surface area contributed by atoms with Crippen molar-refractivity contribution in [2.75, 3.05) is 0 Å². The second-order valence-electron chi connectivity index (χ2n) is 4.51. The first-order valence-electron chi connectivity index (χ1n) is 5.96. The van der Waals surface area contributed by atoms with Gasteiger partial charge in [0.05, 0.1) is 8.95 Å². The topological polar surface area (TPSA) is 35.2 Å². The van der Waals surface area contributed by atoms with Gasteiger partial charge in [0.25, 0.3) is 0 Å². The second kappa shape index (κ2) is 6.07. The van der Waals surface area contributed by atoms with Crippen molar-refractivity contribution < 1.29 is 4.74 Å². The van der Waals surface area contributed by atoms with Crippen LogP contribution in [-0.2, 0) is 0 Å². The number of halogens is 2. The van der Waals surface area contributed by atoms with Crippen LogP contribution >= 0.6 is 31.9 Å². The van der Waals surface area contributed by atoms with Crippen LogP contribution in [0.5, 0.6) is 11.5 Å². The molecule has 0 fully saturated rings. The molecule has 2 N–H and O–H groups in total. The van der Waals surface area contributed by atoms with Crippen molar-refractivity contribution in [3.05, 3.63) is 56.5 Å². The Labute approximate surface area is 130 Å². The lowest BCUT2D eigenvalue weighted by atomic mass is 10.1. The van der Waals surface area contributed by atoms with Crippen molar-refractivity contribution in [1.82, 2.24) is 0 Å². The number of ether oxygens (including phenoxy) is 1. The van der Waals surface area contributed by atoms with E-state index >= 15 is 0 Å². The summed E-state index contributed by atoms with van der Waals surface area (Å²) in [5.74, 6) is 1.56. The zero-order valence-electron chi connectivity index (χ0n) is 10.8. The van der Waals surface area contributed by atoms with Gasteiger partial charge in [0.15, 0.2) is 0 Å². The van der Waals surface area contributed by atoms with Crippen molar-refractivity contribution in [1.29, 1.82) is 0 Å². The summed E-state index contributed by atoms with van der Waals surface area (Å²) >= 11 is 7.02. The van der Waals surface area contributed by atoms with Crippen molar-refractivity contribution in [3.63, 3.8) is 0 Å². The maximum atomic E-state index is 5.90. The summed E-state index contributed by atoms with van der Waals surface area (Å²) in [5, 5.41) is 0. The zero-order chi connectivity index (χ0) is 14.0. The number of hydrogen-bond acceptors (Lipinski definition) is 2. The van der Waals surface area contributed by atoms with Crippen LogP contribution in [0.2, 0.25) is 0 Å². The standard InChI is InChI=1S/C15H15Br2NO/c1-9-3-5-14(12(16)7-9)19-15-6-4-11(10(2)18)8-13(15)17/h3-8,10H,18H2,1-2H3. The molecule has 2 nitrogen and oxygen atoms in total. The molecule has 0 aliphatic carbocycles. The van der Waals surface area contributed by atoms with Gasteiger partial charge in [0, 0.05) is 6.04 Å². The zero-order valence-corrected chi connectivity index (χ0v) is 14.0. The lowest BCUT2D eigenvalue weighted by Crippen LogP contribution is -2.04. The molecule has 0 saturated heterocycles. The minimum absolute atomic E-state index is 0.0106. The Bertz CT molecular complexity index is 597. The molecule has 0 heterocycles. The third-order valence-corrected chi connectivity index (χ3v) is 4.03. The van der Waals surface area contributed by atoms with E-state index in [1.54, 1.807) is 0 Å². The van der Waals surface area contributed by atoms with Crippen LogP contribution in [0.15, 0.2) is 45.3 Å². The fraction of sp³-hybridized carbons (Fsp3) is 0.200. The van der Waals surface area contributed by atoms with E-state index in [1.165, 1.54) is 5.56 Å². The fourth-order valence-corrected chi connectivity index (χ4v) is 2.74. The van der Waals surface area contributed by atoms with Gasteiger partial charge >= 0.3 is 0 Å². The van der Waals surface area contributed by atoms with E-state index in [2.05, 4.69) is 31.9 Å². The Morgan fingerprint density at radius 1 is 1.00 bits per heavy atom. The molecule has 0 bridgehead atoms. The molecule has 4 heteroatoms. The Hall–Kier alpha value is -0.840. The number of nitrogens with two attached hydrogens (primary N) is 1. The highest BCUT2D eigenvalue weighted by molar-refractivity contribution is 9.11. The number of benzene rings is 2. The smallest absolute Gasteiger partial charge is 0.141 e. The molecule has 0 aliphatic heterocycles. The van der Waals surface area contributed by atoms with Gasteiger partial charge in [-0.25, -0.2) is 0 Å². The van der Waals surface area contributed by atoms with Gasteiger partial charge in [-0.2, -0.15) is 0 Å². The highest BCUT2D eigenvalue weighted by Gasteiger charge is 2.08. The van der Waals surface area contributed by atoms with E-state index in [-0.39, 0.29) is 6.04 Å². The fourth-order valence-electron chi connectivity index (χ4n) is 1.69. The number of rotatable bonds is 3. The van der Waals surface area contributed by atoms with Crippen LogP contribution in [-0.4, -0.2) is 0 Å². The number of aryl methyl sites for hydroxylation is 1. The molecule has 2 rings (SSSR count). The summed E-state index contributed by atoms with van der Waals surface area (Å²) < 4.78 is 7.73. The molecule has 2 aromatic carbocycles. The van der Waals surface area contributed by atoms with Crippen molar-refractivity contribution in [2.24, 2.45) is 5.73 Å². The molecular weight excluding hydrogens is 370 g/mol. The first kappa shape index (κ1) is 14.6. The van der Waals surface area contributed by atoms with Gasteiger partial charge in [-0.15, -0.1) is 0 Å². The van der Waals surface area contributed by atoms with E-state index < -0.39 is 0 Å². The van der Waals surface area contributed by atoms with E-state index in [9.17, 15) is 0 Å². The average molecular weight is 385 g/mol. The molecule has 19 heavy (non-hydrogen) atoms. The maximum absolute atomic E-state index is 5.90. The first-order valence-corrected chi connectivity index (χ1v) is 7.55. The summed E-state index contributed by atoms with van der Waals surface area (Å²) in [4.78, 5) is 0. The van der Waals surface area contributed by atoms with Crippen LogP contribution in [0.4, 0.5) is 0 Å². The van der Waals surface area contributed by atoms with Crippen LogP contribution in [0.3, 0.4) is 0 Å². The largest absolute Gasteiger partial charge is 0.455 e. The second-order valence-corrected chi connectivity index (χ2v) is 6.22. The SMILES string of the molecule is Cc1ccc(Oc2ccc(C(C)N)cc2Br)c(Br)c1. The summed E-state index contributed by atoms with van der Waals surface area (Å²) in [5.41, 5.74) is 8.11. The first-order chi connectivity index (χ1) is 8.97. The molecular formula is C15H15Br2NO. The van der Waals surface area contributed by atoms with Crippen molar-refractivity contribution in [3.8, 4) is 11.5 Å². The van der Waals surface area contributed by atoms with Crippen molar-refractivity contribution >= 4 is 31.9 Å². The molecule has 0 radical (unpaired) electrons. The predicted octanol–water partition coefficient (Wildman–Crippen LogP) is 5.33. The van der Waals surface area contributed by atoms with Crippen LogP contribution in [0, 0.1) is 6.92 Å². The molecule has 1 atom stereocenters. The summed E-state index contributed by atoms with van der Waals surface area (Å²) in [6, 6.07) is 11.9. The molecule has 0 aromatic heterocycles. The molecule has 1 unspecified atom stereocenters. The van der Waals surface area contributed by atoms with E-state index in [4.69, 9.17) is 10.5 Å². The van der Waals surface area contributed by atoms with Gasteiger partial charge in [0.2, 0.25) is 0 Å². The quantitative estimate of drug-likeness (QED) is 0.775. The molecule has 0 amide bonds. The lowest BCUT2D eigenvalue weighted by molar-refractivity contribution is 0.476. The lowest BCUT2D eigenvalue weighted by Gasteiger charge is -2.12. The Kier molecular flexibility index (Phi) is 4.66. The summed E-state index contributed by atoms with van der Waals surface area (Å²) in [6.45, 7) is 4.00. The van der Waals surface area contributed by atoms with Crippen molar-refractivity contribution in [2.45, 2.75) is 19.9 Å². The third-order valence-electron chi connectivity index (χ3n) is 2.79. The van der Waals surface area contributed by atoms with Crippen LogP contribution in [0.25, 0.3) is 0 Å². The molecule has 0 spiro atoms. The Morgan fingerprint density at radius 3 is 2.11 bits per heavy atom. The van der Waals surface area contributed by atoms with Gasteiger partial charge in [-0.05, 0) is 81.1 Å². The highest BCUT2D eigenvalue weighted by atomic mass is 79.9. The predicted molar refractivity (Wildman–Crippen MR) is 85.7 cm³/mol. The maximum Gasteiger partial charge on any atom is 0.141 e. The highest BCUT2D eigenvalue weighted by Crippen LogP contribution is 2.35. The van der Waals surface area contributed by atoms with E-state index in [0.717, 1.165) is 26.0 Å². The summed E-state index contributed by atoms with van der Waals surface area (Å²) in [7, 11) is 0. The van der Waals surface area contributed by atoms with Gasteiger partial charge in [-0.1, -0.05) is 12.1 Å². The van der Waals surface area contributed by atoms with E-state index in [1.807, 2.05) is 50.2 Å². The van der Waals surface area contributed by atoms with E-state index in [0.29, 0.717) is 0 Å². The Balaban J connectivity index is 2.28. The average Bonchev–Trinajstić information content (AvgIpc) is 2.34. The third kappa shape index (κ3) is 3.59. The molecule has 0 aliphatic rings.